The highest BCUT2D eigenvalue weighted by Gasteiger charge is 2.48. The Bertz CT molecular complexity index is 362. The number of imide groups is 1. The lowest BCUT2D eigenvalue weighted by Crippen LogP contribution is -2.50. The summed E-state index contributed by atoms with van der Waals surface area (Å²) in [6.07, 6.45) is -3.61. The van der Waals surface area contributed by atoms with E-state index in [1.54, 1.807) is 0 Å². The van der Waals surface area contributed by atoms with Crippen LogP contribution in [0.4, 0.5) is 18.0 Å². The molecule has 0 unspecified atom stereocenters. The van der Waals surface area contributed by atoms with Crippen LogP contribution in [-0.2, 0) is 9.53 Å². The number of ether oxygens (including phenoxy) is 1. The number of rotatable bonds is 2. The number of halogens is 3. The first-order chi connectivity index (χ1) is 8.31. The van der Waals surface area contributed by atoms with Gasteiger partial charge in [0.2, 0.25) is 0 Å². The Morgan fingerprint density at radius 3 is 2.33 bits per heavy atom. The summed E-state index contributed by atoms with van der Waals surface area (Å²) in [5.41, 5.74) is -0.949. The van der Waals surface area contributed by atoms with E-state index in [0.29, 0.717) is 25.7 Å². The Morgan fingerprint density at radius 1 is 1.28 bits per heavy atom. The fraction of sp³-hybridized carbons (Fsp3) is 0.800. The fourth-order valence-electron chi connectivity index (χ4n) is 2.34. The minimum Gasteiger partial charge on any atom is -0.369 e. The Balaban J connectivity index is 1.85. The molecule has 1 saturated carbocycles. The Kier molecular flexibility index (Phi) is 3.22. The van der Waals surface area contributed by atoms with Crippen LogP contribution in [0.2, 0.25) is 0 Å². The van der Waals surface area contributed by atoms with Crippen LogP contribution in [0.3, 0.4) is 0 Å². The molecule has 3 amide bonds. The van der Waals surface area contributed by atoms with Crippen molar-refractivity contribution in [3.8, 4) is 0 Å². The summed E-state index contributed by atoms with van der Waals surface area (Å²) >= 11 is 0. The summed E-state index contributed by atoms with van der Waals surface area (Å²) < 4.78 is 40.7. The van der Waals surface area contributed by atoms with Crippen molar-refractivity contribution in [2.75, 3.05) is 6.61 Å². The van der Waals surface area contributed by atoms with Crippen LogP contribution in [0.1, 0.15) is 25.7 Å². The lowest BCUT2D eigenvalue weighted by Gasteiger charge is -2.34. The van der Waals surface area contributed by atoms with Crippen LogP contribution >= 0.6 is 0 Å². The van der Waals surface area contributed by atoms with E-state index in [1.807, 2.05) is 0 Å². The average molecular weight is 266 g/mol. The molecule has 1 heterocycles. The van der Waals surface area contributed by atoms with Gasteiger partial charge in [-0.1, -0.05) is 0 Å². The molecule has 102 valence electrons. The van der Waals surface area contributed by atoms with E-state index in [0.717, 1.165) is 0 Å². The van der Waals surface area contributed by atoms with Gasteiger partial charge in [-0.05, 0) is 25.7 Å². The van der Waals surface area contributed by atoms with E-state index in [-0.39, 0.29) is 0 Å². The lowest BCUT2D eigenvalue weighted by atomic mass is 9.80. The third kappa shape index (κ3) is 2.74. The second-order valence-electron chi connectivity index (χ2n) is 4.62. The van der Waals surface area contributed by atoms with Crippen molar-refractivity contribution in [1.82, 2.24) is 10.6 Å². The van der Waals surface area contributed by atoms with Gasteiger partial charge in [-0.25, -0.2) is 4.79 Å². The van der Waals surface area contributed by atoms with E-state index < -0.39 is 36.4 Å². The van der Waals surface area contributed by atoms with Gasteiger partial charge in [0.15, 0.2) is 0 Å². The third-order valence-corrected chi connectivity index (χ3v) is 3.28. The number of urea groups is 1. The van der Waals surface area contributed by atoms with Crippen LogP contribution in [0.5, 0.6) is 0 Å². The van der Waals surface area contributed by atoms with Crippen molar-refractivity contribution in [3.05, 3.63) is 0 Å². The maximum absolute atomic E-state index is 12.0. The summed E-state index contributed by atoms with van der Waals surface area (Å²) in [6, 6.07) is -0.547. The minimum absolute atomic E-state index is 0.299. The Hall–Kier alpha value is -1.31. The second kappa shape index (κ2) is 4.42. The van der Waals surface area contributed by atoms with Gasteiger partial charge in [-0.15, -0.1) is 0 Å². The first kappa shape index (κ1) is 13.1. The van der Waals surface area contributed by atoms with Crippen LogP contribution in [0.25, 0.3) is 0 Å². The zero-order chi connectivity index (χ0) is 13.4. The van der Waals surface area contributed by atoms with E-state index >= 15 is 0 Å². The Morgan fingerprint density at radius 2 is 1.89 bits per heavy atom. The molecule has 2 rings (SSSR count). The van der Waals surface area contributed by atoms with E-state index in [1.165, 1.54) is 0 Å². The van der Waals surface area contributed by atoms with Crippen molar-refractivity contribution in [2.45, 2.75) is 43.5 Å². The zero-order valence-electron chi connectivity index (χ0n) is 9.47. The van der Waals surface area contributed by atoms with Gasteiger partial charge in [0.25, 0.3) is 5.91 Å². The highest BCUT2D eigenvalue weighted by atomic mass is 19.4. The molecule has 8 heteroatoms. The van der Waals surface area contributed by atoms with Crippen molar-refractivity contribution >= 4 is 11.9 Å². The van der Waals surface area contributed by atoms with Gasteiger partial charge in [-0.2, -0.15) is 13.2 Å². The molecule has 1 spiro atoms. The summed E-state index contributed by atoms with van der Waals surface area (Å²) in [6.45, 7) is -1.27. The summed E-state index contributed by atoms with van der Waals surface area (Å²) in [5.74, 6) is -0.401. The molecular formula is C10H13F3N2O3. The molecule has 0 atom stereocenters. The molecule has 2 aliphatic rings. The molecule has 0 aromatic heterocycles. The lowest BCUT2D eigenvalue weighted by molar-refractivity contribution is -0.189. The normalized spacial score (nSPS) is 32.5. The highest BCUT2D eigenvalue weighted by molar-refractivity contribution is 6.07. The van der Waals surface area contributed by atoms with Crippen LogP contribution in [0.15, 0.2) is 0 Å². The van der Waals surface area contributed by atoms with Gasteiger partial charge in [0.1, 0.15) is 12.1 Å². The largest absolute Gasteiger partial charge is 0.411 e. The molecular weight excluding hydrogens is 253 g/mol. The molecule has 2 fully saturated rings. The third-order valence-electron chi connectivity index (χ3n) is 3.28. The van der Waals surface area contributed by atoms with Crippen molar-refractivity contribution in [2.24, 2.45) is 0 Å². The van der Waals surface area contributed by atoms with Gasteiger partial charge in [-0.3, -0.25) is 10.1 Å². The molecule has 0 aromatic rings. The number of hydrogen-bond donors (Lipinski definition) is 2. The standard InChI is InChI=1S/C10H13F3N2O3/c11-10(12,13)5-18-6-1-3-9(4-2-6)7(16)14-8(17)15-9/h6H,1-5H2,(H2,14,15,16,17). The SMILES string of the molecule is O=C1NC(=O)C2(CCC(OCC(F)(F)F)CC2)N1. The molecule has 18 heavy (non-hydrogen) atoms. The van der Waals surface area contributed by atoms with Gasteiger partial charge in [0.05, 0.1) is 6.10 Å². The van der Waals surface area contributed by atoms with Crippen molar-refractivity contribution in [3.63, 3.8) is 0 Å². The summed E-state index contributed by atoms with van der Waals surface area (Å²) in [4.78, 5) is 22.6. The molecule has 1 aliphatic heterocycles. The maximum atomic E-state index is 12.0. The molecule has 1 aliphatic carbocycles. The molecule has 1 saturated heterocycles. The predicted molar refractivity (Wildman–Crippen MR) is 53.7 cm³/mol. The monoisotopic (exact) mass is 266 g/mol. The number of carbonyl (C=O) groups is 2. The highest BCUT2D eigenvalue weighted by Crippen LogP contribution is 2.32. The zero-order valence-corrected chi connectivity index (χ0v) is 9.47. The van der Waals surface area contributed by atoms with E-state index in [9.17, 15) is 22.8 Å². The molecule has 0 aromatic carbocycles. The number of nitrogens with one attached hydrogen (secondary N) is 2. The van der Waals surface area contributed by atoms with Crippen molar-refractivity contribution in [1.29, 1.82) is 0 Å². The number of carbonyl (C=O) groups excluding carboxylic acids is 2. The van der Waals surface area contributed by atoms with Crippen LogP contribution < -0.4 is 10.6 Å². The van der Waals surface area contributed by atoms with E-state index in [4.69, 9.17) is 4.74 Å². The number of alkyl halides is 3. The van der Waals surface area contributed by atoms with Gasteiger partial charge < -0.3 is 10.1 Å². The number of hydrogen-bond acceptors (Lipinski definition) is 3. The molecule has 5 nitrogen and oxygen atoms in total. The quantitative estimate of drug-likeness (QED) is 0.735. The first-order valence-electron chi connectivity index (χ1n) is 5.63. The molecule has 2 N–H and O–H groups in total. The summed E-state index contributed by atoms with van der Waals surface area (Å²) in [7, 11) is 0. The predicted octanol–water partition coefficient (Wildman–Crippen LogP) is 1.09. The Labute approximate surface area is 101 Å². The average Bonchev–Trinajstić information content (AvgIpc) is 2.52. The molecule has 0 bridgehead atoms. The summed E-state index contributed by atoms with van der Waals surface area (Å²) in [5, 5.41) is 4.67. The van der Waals surface area contributed by atoms with Crippen LogP contribution in [0, 0.1) is 0 Å². The smallest absolute Gasteiger partial charge is 0.369 e. The van der Waals surface area contributed by atoms with Crippen LogP contribution in [-0.4, -0.2) is 36.4 Å². The molecule has 0 radical (unpaired) electrons. The fourth-order valence-corrected chi connectivity index (χ4v) is 2.34. The van der Waals surface area contributed by atoms with Crippen molar-refractivity contribution < 1.29 is 27.5 Å². The van der Waals surface area contributed by atoms with Gasteiger partial charge in [0, 0.05) is 0 Å². The van der Waals surface area contributed by atoms with E-state index in [2.05, 4.69) is 10.6 Å². The number of amides is 3. The minimum atomic E-state index is -4.34. The second-order valence-corrected chi connectivity index (χ2v) is 4.62. The topological polar surface area (TPSA) is 67.4 Å². The van der Waals surface area contributed by atoms with Gasteiger partial charge >= 0.3 is 12.2 Å². The maximum Gasteiger partial charge on any atom is 0.411 e. The first-order valence-corrected chi connectivity index (χ1v) is 5.63.